The van der Waals surface area contributed by atoms with Crippen LogP contribution < -0.4 is 5.32 Å². The Labute approximate surface area is 110 Å². The van der Waals surface area contributed by atoms with Gasteiger partial charge in [-0.15, -0.1) is 0 Å². The van der Waals surface area contributed by atoms with Crippen molar-refractivity contribution in [2.24, 2.45) is 7.05 Å². The molecule has 0 spiro atoms. The van der Waals surface area contributed by atoms with Crippen molar-refractivity contribution in [3.63, 3.8) is 0 Å². The molecule has 2 heterocycles. The Bertz CT molecular complexity index is 594. The summed E-state index contributed by atoms with van der Waals surface area (Å²) >= 11 is 5.97. The van der Waals surface area contributed by atoms with E-state index in [0.717, 1.165) is 0 Å². The summed E-state index contributed by atoms with van der Waals surface area (Å²) < 4.78 is 24.0. The highest BCUT2D eigenvalue weighted by Gasteiger charge is 2.30. The molecule has 0 bridgehead atoms. The summed E-state index contributed by atoms with van der Waals surface area (Å²) in [6, 6.07) is -0.335. The molecule has 1 saturated heterocycles. The monoisotopic (exact) mass is 291 g/mol. The first kappa shape index (κ1) is 13.4. The predicted molar refractivity (Wildman–Crippen MR) is 67.5 cm³/mol. The molecule has 1 N–H and O–H groups in total. The van der Waals surface area contributed by atoms with E-state index >= 15 is 0 Å². The molecule has 1 amide bonds. The van der Waals surface area contributed by atoms with E-state index in [2.05, 4.69) is 10.4 Å². The average molecular weight is 292 g/mol. The molecular formula is C10H14ClN3O3S. The van der Waals surface area contributed by atoms with Gasteiger partial charge in [0, 0.05) is 13.1 Å². The predicted octanol–water partition coefficient (Wildman–Crippen LogP) is 0.299. The standard InChI is InChI=1S/C10H14ClN3O3S/c1-6-8(9(11)14(2)13-6)10(15)12-7-3-4-18(16,17)5-7/h7H,3-5H2,1-2H3,(H,12,15)/t7-/m1/s1. The van der Waals surface area contributed by atoms with Gasteiger partial charge in [-0.1, -0.05) is 11.6 Å². The number of carbonyl (C=O) groups excluding carboxylic acids is 1. The maximum atomic E-state index is 12.0. The van der Waals surface area contributed by atoms with Crippen molar-refractivity contribution in [1.29, 1.82) is 0 Å². The maximum absolute atomic E-state index is 12.0. The van der Waals surface area contributed by atoms with Gasteiger partial charge >= 0.3 is 0 Å². The summed E-state index contributed by atoms with van der Waals surface area (Å²) in [6.45, 7) is 1.69. The van der Waals surface area contributed by atoms with Crippen molar-refractivity contribution >= 4 is 27.3 Å². The van der Waals surface area contributed by atoms with Gasteiger partial charge in [0.15, 0.2) is 9.84 Å². The van der Waals surface area contributed by atoms with Crippen molar-refractivity contribution in [3.05, 3.63) is 16.4 Å². The van der Waals surface area contributed by atoms with Crippen LogP contribution in [0.15, 0.2) is 0 Å². The lowest BCUT2D eigenvalue weighted by molar-refractivity contribution is 0.0940. The molecule has 1 aliphatic heterocycles. The summed E-state index contributed by atoms with van der Waals surface area (Å²) in [5, 5.41) is 6.99. The zero-order valence-corrected chi connectivity index (χ0v) is 11.7. The Kier molecular flexibility index (Phi) is 3.37. The Morgan fingerprint density at radius 3 is 2.67 bits per heavy atom. The van der Waals surface area contributed by atoms with Gasteiger partial charge in [0.05, 0.1) is 22.8 Å². The number of carbonyl (C=O) groups is 1. The minimum Gasteiger partial charge on any atom is -0.348 e. The molecule has 1 aliphatic rings. The third-order valence-electron chi connectivity index (χ3n) is 2.95. The summed E-state index contributed by atoms with van der Waals surface area (Å²) in [4.78, 5) is 12.0. The third-order valence-corrected chi connectivity index (χ3v) is 5.15. The van der Waals surface area contributed by atoms with E-state index in [9.17, 15) is 13.2 Å². The van der Waals surface area contributed by atoms with Crippen LogP contribution in [0.3, 0.4) is 0 Å². The molecule has 6 nitrogen and oxygen atoms in total. The van der Waals surface area contributed by atoms with Crippen LogP contribution in [0.2, 0.25) is 5.15 Å². The second kappa shape index (κ2) is 4.55. The molecule has 100 valence electrons. The molecular weight excluding hydrogens is 278 g/mol. The summed E-state index contributed by atoms with van der Waals surface area (Å²) in [6.07, 6.45) is 0.449. The minimum absolute atomic E-state index is 0.00430. The molecule has 0 aliphatic carbocycles. The first-order valence-corrected chi connectivity index (χ1v) is 7.70. The smallest absolute Gasteiger partial charge is 0.256 e. The van der Waals surface area contributed by atoms with Crippen molar-refractivity contribution in [2.45, 2.75) is 19.4 Å². The number of aromatic nitrogens is 2. The van der Waals surface area contributed by atoms with E-state index in [1.165, 1.54) is 4.68 Å². The number of nitrogens with zero attached hydrogens (tertiary/aromatic N) is 2. The van der Waals surface area contributed by atoms with Gasteiger partial charge in [-0.2, -0.15) is 5.10 Å². The molecule has 1 fully saturated rings. The van der Waals surface area contributed by atoms with Crippen molar-refractivity contribution < 1.29 is 13.2 Å². The van der Waals surface area contributed by atoms with E-state index < -0.39 is 9.84 Å². The van der Waals surface area contributed by atoms with Gasteiger partial charge < -0.3 is 5.32 Å². The molecule has 1 aromatic heterocycles. The molecule has 0 saturated carbocycles. The largest absolute Gasteiger partial charge is 0.348 e. The number of amides is 1. The van der Waals surface area contributed by atoms with E-state index in [4.69, 9.17) is 11.6 Å². The summed E-state index contributed by atoms with van der Waals surface area (Å²) in [5.41, 5.74) is 0.837. The second-order valence-electron chi connectivity index (χ2n) is 4.45. The number of aryl methyl sites for hydroxylation is 2. The highest BCUT2D eigenvalue weighted by Crippen LogP contribution is 2.19. The Balaban J connectivity index is 2.14. The van der Waals surface area contributed by atoms with Gasteiger partial charge in [0.1, 0.15) is 5.15 Å². The first-order valence-electron chi connectivity index (χ1n) is 5.50. The molecule has 8 heteroatoms. The number of hydrogen-bond acceptors (Lipinski definition) is 4. The summed E-state index contributed by atoms with van der Waals surface area (Å²) in [7, 11) is -1.36. The molecule has 0 unspecified atom stereocenters. The molecule has 0 aromatic carbocycles. The van der Waals surface area contributed by atoms with E-state index in [-0.39, 0.29) is 28.6 Å². The number of rotatable bonds is 2. The van der Waals surface area contributed by atoms with Gasteiger partial charge in [0.25, 0.3) is 5.91 Å². The zero-order valence-electron chi connectivity index (χ0n) is 10.1. The van der Waals surface area contributed by atoms with Crippen LogP contribution in [0.1, 0.15) is 22.5 Å². The molecule has 1 aromatic rings. The number of sulfone groups is 1. The fourth-order valence-corrected chi connectivity index (χ4v) is 3.99. The number of hydrogen-bond donors (Lipinski definition) is 1. The lowest BCUT2D eigenvalue weighted by atomic mass is 10.2. The zero-order chi connectivity index (χ0) is 13.5. The van der Waals surface area contributed by atoms with Gasteiger partial charge in [0.2, 0.25) is 0 Å². The second-order valence-corrected chi connectivity index (χ2v) is 7.03. The highest BCUT2D eigenvalue weighted by molar-refractivity contribution is 7.91. The van der Waals surface area contributed by atoms with E-state index in [1.807, 2.05) is 0 Å². The van der Waals surface area contributed by atoms with Crippen LogP contribution in [-0.4, -0.2) is 41.7 Å². The highest BCUT2D eigenvalue weighted by atomic mass is 35.5. The fourth-order valence-electron chi connectivity index (χ4n) is 2.05. The van der Waals surface area contributed by atoms with E-state index in [1.54, 1.807) is 14.0 Å². The van der Waals surface area contributed by atoms with Crippen LogP contribution >= 0.6 is 11.6 Å². The Morgan fingerprint density at radius 1 is 1.56 bits per heavy atom. The molecule has 1 atom stereocenters. The normalized spacial score (nSPS) is 22.1. The molecule has 2 rings (SSSR count). The Hall–Kier alpha value is -1.08. The van der Waals surface area contributed by atoms with Crippen LogP contribution in [0.5, 0.6) is 0 Å². The lowest BCUT2D eigenvalue weighted by Crippen LogP contribution is -2.35. The van der Waals surface area contributed by atoms with E-state index in [0.29, 0.717) is 17.7 Å². The molecule has 0 radical (unpaired) electrons. The number of halogens is 1. The van der Waals surface area contributed by atoms with Gasteiger partial charge in [-0.05, 0) is 13.3 Å². The van der Waals surface area contributed by atoms with Crippen LogP contribution in [0, 0.1) is 6.92 Å². The molecule has 18 heavy (non-hydrogen) atoms. The lowest BCUT2D eigenvalue weighted by Gasteiger charge is -2.10. The van der Waals surface area contributed by atoms with Crippen LogP contribution in [-0.2, 0) is 16.9 Å². The average Bonchev–Trinajstić information content (AvgIpc) is 2.68. The Morgan fingerprint density at radius 2 is 2.22 bits per heavy atom. The number of nitrogens with one attached hydrogen (secondary N) is 1. The van der Waals surface area contributed by atoms with Gasteiger partial charge in [-0.3, -0.25) is 9.48 Å². The van der Waals surface area contributed by atoms with Gasteiger partial charge in [-0.25, -0.2) is 8.42 Å². The SMILES string of the molecule is Cc1nn(C)c(Cl)c1C(=O)N[C@@H]1CCS(=O)(=O)C1. The van der Waals surface area contributed by atoms with Crippen molar-refractivity contribution in [2.75, 3.05) is 11.5 Å². The summed E-state index contributed by atoms with van der Waals surface area (Å²) in [5.74, 6) is -0.249. The third kappa shape index (κ3) is 2.51. The first-order chi connectivity index (χ1) is 8.30. The van der Waals surface area contributed by atoms with Crippen LogP contribution in [0.4, 0.5) is 0 Å². The quantitative estimate of drug-likeness (QED) is 0.850. The fraction of sp³-hybridized carbons (Fsp3) is 0.600. The topological polar surface area (TPSA) is 81.1 Å². The van der Waals surface area contributed by atoms with Crippen molar-refractivity contribution in [1.82, 2.24) is 15.1 Å². The van der Waals surface area contributed by atoms with Crippen molar-refractivity contribution in [3.8, 4) is 0 Å². The van der Waals surface area contributed by atoms with Crippen LogP contribution in [0.25, 0.3) is 0 Å². The maximum Gasteiger partial charge on any atom is 0.256 e. The minimum atomic E-state index is -3.01.